The number of carboxylic acid groups (broad SMARTS) is 1. The third-order valence-corrected chi connectivity index (χ3v) is 3.67. The van der Waals surface area contributed by atoms with Crippen LogP contribution in [0.15, 0.2) is 30.3 Å². The lowest BCUT2D eigenvalue weighted by molar-refractivity contribution is -0.145. The number of amides is 2. The van der Waals surface area contributed by atoms with Crippen molar-refractivity contribution in [1.29, 1.82) is 0 Å². The zero-order valence-electron chi connectivity index (χ0n) is 11.8. The van der Waals surface area contributed by atoms with E-state index in [1.807, 2.05) is 0 Å². The Hall–Kier alpha value is -2.37. The van der Waals surface area contributed by atoms with Crippen molar-refractivity contribution in [3.63, 3.8) is 0 Å². The van der Waals surface area contributed by atoms with Gasteiger partial charge in [-0.2, -0.15) is 0 Å². The van der Waals surface area contributed by atoms with Gasteiger partial charge in [0, 0.05) is 12.3 Å². The van der Waals surface area contributed by atoms with Gasteiger partial charge < -0.3 is 5.11 Å². The quantitative estimate of drug-likeness (QED) is 0.704. The Kier molecular flexibility index (Phi) is 4.26. The molecular formula is C15H18N2O4. The van der Waals surface area contributed by atoms with Crippen LogP contribution in [0.2, 0.25) is 0 Å². The average molecular weight is 290 g/mol. The van der Waals surface area contributed by atoms with Crippen LogP contribution in [0, 0.1) is 5.92 Å². The van der Waals surface area contributed by atoms with Crippen LogP contribution in [-0.4, -0.2) is 22.9 Å². The highest BCUT2D eigenvalue weighted by atomic mass is 16.4. The molecule has 0 spiro atoms. The molecule has 0 aromatic heterocycles. The zero-order valence-corrected chi connectivity index (χ0v) is 11.8. The predicted octanol–water partition coefficient (Wildman–Crippen LogP) is 0.976. The summed E-state index contributed by atoms with van der Waals surface area (Å²) >= 11 is 0. The molecule has 0 saturated heterocycles. The Bertz CT molecular complexity index is 554. The molecule has 6 nitrogen and oxygen atoms in total. The van der Waals surface area contributed by atoms with Gasteiger partial charge >= 0.3 is 5.97 Å². The van der Waals surface area contributed by atoms with Crippen LogP contribution in [-0.2, 0) is 19.8 Å². The molecule has 3 N–H and O–H groups in total. The molecule has 2 rings (SSSR count). The first-order chi connectivity index (χ1) is 9.93. The molecule has 1 aromatic carbocycles. The lowest BCUT2D eigenvalue weighted by Crippen LogP contribution is -2.46. The molecule has 1 aromatic rings. The van der Waals surface area contributed by atoms with Gasteiger partial charge in [0.1, 0.15) is 0 Å². The molecule has 1 saturated carbocycles. The third-order valence-electron chi connectivity index (χ3n) is 3.67. The summed E-state index contributed by atoms with van der Waals surface area (Å²) in [6, 6.07) is 8.57. The fourth-order valence-electron chi connectivity index (χ4n) is 2.05. The molecule has 21 heavy (non-hydrogen) atoms. The Labute approximate surface area is 122 Å². The van der Waals surface area contributed by atoms with Crippen LogP contribution >= 0.6 is 0 Å². The number of carboxylic acids is 1. The van der Waals surface area contributed by atoms with Crippen molar-refractivity contribution in [2.45, 2.75) is 31.6 Å². The van der Waals surface area contributed by atoms with Gasteiger partial charge in [-0.1, -0.05) is 30.3 Å². The minimum atomic E-state index is -1.34. The van der Waals surface area contributed by atoms with Gasteiger partial charge in [-0.15, -0.1) is 0 Å². The van der Waals surface area contributed by atoms with Crippen LogP contribution < -0.4 is 10.9 Å². The number of benzene rings is 1. The molecule has 1 atom stereocenters. The van der Waals surface area contributed by atoms with E-state index in [0.29, 0.717) is 5.56 Å². The molecule has 2 amide bonds. The smallest absolute Gasteiger partial charge is 0.314 e. The van der Waals surface area contributed by atoms with E-state index in [1.165, 1.54) is 6.92 Å². The molecule has 112 valence electrons. The summed E-state index contributed by atoms with van der Waals surface area (Å²) in [5.41, 5.74) is 3.81. The standard InChI is InChI=1S/C15H18N2O4/c1-15(14(20)21,11-5-3-2-4-6-11)9-12(18)16-17-13(19)10-7-8-10/h2-6,10H,7-9H2,1H3,(H,16,18)(H,17,19)(H,20,21). The van der Waals surface area contributed by atoms with Crippen molar-refractivity contribution < 1.29 is 19.5 Å². The molecular weight excluding hydrogens is 272 g/mol. The third kappa shape index (κ3) is 3.59. The lowest BCUT2D eigenvalue weighted by atomic mass is 9.79. The summed E-state index contributed by atoms with van der Waals surface area (Å²) in [5.74, 6) is -1.86. The van der Waals surface area contributed by atoms with Crippen LogP contribution in [0.25, 0.3) is 0 Å². The summed E-state index contributed by atoms with van der Waals surface area (Å²) in [7, 11) is 0. The number of hydrogen-bond acceptors (Lipinski definition) is 3. The van der Waals surface area contributed by atoms with Gasteiger partial charge in [-0.25, -0.2) is 0 Å². The SMILES string of the molecule is CC(CC(=O)NNC(=O)C1CC1)(C(=O)O)c1ccccc1. The van der Waals surface area contributed by atoms with E-state index in [1.54, 1.807) is 30.3 Å². The second kappa shape index (κ2) is 5.95. The fourth-order valence-corrected chi connectivity index (χ4v) is 2.05. The fraction of sp³-hybridized carbons (Fsp3) is 0.400. The van der Waals surface area contributed by atoms with E-state index >= 15 is 0 Å². The van der Waals surface area contributed by atoms with E-state index in [2.05, 4.69) is 10.9 Å². The van der Waals surface area contributed by atoms with E-state index in [9.17, 15) is 19.5 Å². The van der Waals surface area contributed by atoms with Crippen LogP contribution in [0.5, 0.6) is 0 Å². The Balaban J connectivity index is 2.00. The van der Waals surface area contributed by atoms with Crippen molar-refractivity contribution in [2.24, 2.45) is 5.92 Å². The van der Waals surface area contributed by atoms with Gasteiger partial charge in [0.15, 0.2) is 0 Å². The average Bonchev–Trinajstić information content (AvgIpc) is 3.30. The van der Waals surface area contributed by atoms with E-state index in [4.69, 9.17) is 0 Å². The Morgan fingerprint density at radius 2 is 1.81 bits per heavy atom. The van der Waals surface area contributed by atoms with Crippen LogP contribution in [0.1, 0.15) is 31.7 Å². The number of carbonyl (C=O) groups excluding carboxylic acids is 2. The van der Waals surface area contributed by atoms with Gasteiger partial charge in [0.2, 0.25) is 11.8 Å². The summed E-state index contributed by atoms with van der Waals surface area (Å²) in [5, 5.41) is 9.44. The van der Waals surface area contributed by atoms with Gasteiger partial charge in [-0.3, -0.25) is 25.2 Å². The first-order valence-electron chi connectivity index (χ1n) is 6.81. The number of hydrazine groups is 1. The Morgan fingerprint density at radius 3 is 2.33 bits per heavy atom. The highest BCUT2D eigenvalue weighted by Gasteiger charge is 2.38. The summed E-state index contributed by atoms with van der Waals surface area (Å²) in [6.07, 6.45) is 1.41. The minimum Gasteiger partial charge on any atom is -0.481 e. The van der Waals surface area contributed by atoms with Gasteiger partial charge in [0.05, 0.1) is 5.41 Å². The van der Waals surface area contributed by atoms with Crippen LogP contribution in [0.4, 0.5) is 0 Å². The first kappa shape index (κ1) is 15.0. The monoisotopic (exact) mass is 290 g/mol. The summed E-state index contributed by atoms with van der Waals surface area (Å²) in [6.45, 7) is 1.49. The molecule has 0 aliphatic heterocycles. The Morgan fingerprint density at radius 1 is 1.19 bits per heavy atom. The topological polar surface area (TPSA) is 95.5 Å². The van der Waals surface area contributed by atoms with Crippen molar-refractivity contribution in [1.82, 2.24) is 10.9 Å². The van der Waals surface area contributed by atoms with Crippen LogP contribution in [0.3, 0.4) is 0 Å². The largest absolute Gasteiger partial charge is 0.481 e. The van der Waals surface area contributed by atoms with Crippen molar-refractivity contribution in [3.05, 3.63) is 35.9 Å². The van der Waals surface area contributed by atoms with E-state index in [0.717, 1.165) is 12.8 Å². The second-order valence-corrected chi connectivity index (χ2v) is 5.49. The molecule has 1 unspecified atom stereocenters. The minimum absolute atomic E-state index is 0.0229. The predicted molar refractivity (Wildman–Crippen MR) is 75.1 cm³/mol. The number of carbonyl (C=O) groups is 3. The summed E-state index contributed by atoms with van der Waals surface area (Å²) < 4.78 is 0. The molecule has 0 bridgehead atoms. The molecule has 0 heterocycles. The maximum atomic E-state index is 11.9. The number of rotatable bonds is 5. The van der Waals surface area contributed by atoms with Gasteiger partial charge in [0.25, 0.3) is 0 Å². The number of nitrogens with one attached hydrogen (secondary N) is 2. The van der Waals surface area contributed by atoms with E-state index < -0.39 is 17.3 Å². The maximum Gasteiger partial charge on any atom is 0.314 e. The highest BCUT2D eigenvalue weighted by Crippen LogP contribution is 2.29. The highest BCUT2D eigenvalue weighted by molar-refractivity contribution is 5.90. The second-order valence-electron chi connectivity index (χ2n) is 5.49. The number of aliphatic carboxylic acids is 1. The molecule has 6 heteroatoms. The summed E-state index contributed by atoms with van der Waals surface area (Å²) in [4.78, 5) is 34.9. The van der Waals surface area contributed by atoms with Crippen molar-refractivity contribution in [2.75, 3.05) is 0 Å². The molecule has 1 aliphatic rings. The lowest BCUT2D eigenvalue weighted by Gasteiger charge is -2.24. The first-order valence-corrected chi connectivity index (χ1v) is 6.81. The maximum absolute atomic E-state index is 11.9. The van der Waals surface area contributed by atoms with E-state index in [-0.39, 0.29) is 18.2 Å². The molecule has 1 aliphatic carbocycles. The van der Waals surface area contributed by atoms with Crippen molar-refractivity contribution >= 4 is 17.8 Å². The van der Waals surface area contributed by atoms with Gasteiger partial charge in [-0.05, 0) is 25.3 Å². The number of hydrogen-bond donors (Lipinski definition) is 3. The van der Waals surface area contributed by atoms with Crippen molar-refractivity contribution in [3.8, 4) is 0 Å². The zero-order chi connectivity index (χ0) is 15.5. The molecule has 1 fully saturated rings. The molecule has 0 radical (unpaired) electrons. The normalized spacial score (nSPS) is 16.6.